The molecule has 0 aliphatic carbocycles. The van der Waals surface area contributed by atoms with Gasteiger partial charge < -0.3 is 15.0 Å². The first-order valence-corrected chi connectivity index (χ1v) is 8.88. The van der Waals surface area contributed by atoms with Gasteiger partial charge in [-0.3, -0.25) is 0 Å². The van der Waals surface area contributed by atoms with Crippen molar-refractivity contribution in [2.45, 2.75) is 64.7 Å². The maximum Gasteiger partial charge on any atom is 0.410 e. The number of alkyl halides is 3. The Balaban J connectivity index is 0.000000475. The molecule has 4 nitrogen and oxygen atoms in total. The third-order valence-electron chi connectivity index (χ3n) is 4.10. The normalized spacial score (nSPS) is 19.2. The molecule has 2 heterocycles. The van der Waals surface area contributed by atoms with Gasteiger partial charge in [-0.2, -0.15) is 13.2 Å². The molecule has 0 unspecified atom stereocenters. The third kappa shape index (κ3) is 11.6. The van der Waals surface area contributed by atoms with Gasteiger partial charge in [0.2, 0.25) is 0 Å². The lowest BCUT2D eigenvalue weighted by Crippen LogP contribution is -2.40. The molecule has 2 rings (SSSR count). The highest BCUT2D eigenvalue weighted by Gasteiger charge is 2.32. The maximum atomic E-state index is 11.8. The molecular formula is C18H32ClF3N2O2. The van der Waals surface area contributed by atoms with Crippen molar-refractivity contribution < 1.29 is 22.7 Å². The third-order valence-corrected chi connectivity index (χ3v) is 4.10. The Morgan fingerprint density at radius 1 is 1.19 bits per heavy atom. The highest BCUT2D eigenvalue weighted by molar-refractivity contribution is 5.85. The van der Waals surface area contributed by atoms with Crippen molar-refractivity contribution in [3.8, 4) is 0 Å². The van der Waals surface area contributed by atoms with Crippen LogP contribution < -0.4 is 5.32 Å². The van der Waals surface area contributed by atoms with Gasteiger partial charge in [0.25, 0.3) is 0 Å². The minimum atomic E-state index is -3.97. The Morgan fingerprint density at radius 3 is 2.12 bits per heavy atom. The maximum absolute atomic E-state index is 11.8. The van der Waals surface area contributed by atoms with Crippen molar-refractivity contribution >= 4 is 18.5 Å². The summed E-state index contributed by atoms with van der Waals surface area (Å²) in [6.07, 6.45) is -1.64. The predicted molar refractivity (Wildman–Crippen MR) is 99.7 cm³/mol. The van der Waals surface area contributed by atoms with E-state index in [0.717, 1.165) is 39.0 Å². The molecule has 0 aromatic heterocycles. The van der Waals surface area contributed by atoms with Crippen molar-refractivity contribution in [3.63, 3.8) is 0 Å². The van der Waals surface area contributed by atoms with Gasteiger partial charge in [0.05, 0.1) is 0 Å². The summed E-state index contributed by atoms with van der Waals surface area (Å²) < 4.78 is 40.7. The SMILES string of the molecule is C=C1CCN(C(=O)OC(C)(C)C)CC1.Cl.FC(F)(F)CC1CCNCC1. The summed E-state index contributed by atoms with van der Waals surface area (Å²) in [6.45, 7) is 12.5. The first-order chi connectivity index (χ1) is 11.5. The van der Waals surface area contributed by atoms with E-state index in [2.05, 4.69) is 11.9 Å². The Bertz CT molecular complexity index is 435. The number of hydrogen-bond acceptors (Lipinski definition) is 3. The number of hydrogen-bond donors (Lipinski definition) is 1. The number of nitrogens with zero attached hydrogens (tertiary/aromatic N) is 1. The molecule has 2 saturated heterocycles. The van der Waals surface area contributed by atoms with Crippen molar-refractivity contribution in [2.75, 3.05) is 26.2 Å². The minimum Gasteiger partial charge on any atom is -0.444 e. The molecule has 0 aromatic rings. The zero-order valence-corrected chi connectivity index (χ0v) is 16.8. The van der Waals surface area contributed by atoms with Crippen LogP contribution in [0.15, 0.2) is 12.2 Å². The van der Waals surface area contributed by atoms with Gasteiger partial charge >= 0.3 is 12.3 Å². The second kappa shape index (κ2) is 11.0. The molecule has 0 atom stereocenters. The van der Waals surface area contributed by atoms with Gasteiger partial charge in [-0.05, 0) is 65.5 Å². The Morgan fingerprint density at radius 2 is 1.69 bits per heavy atom. The molecule has 8 heteroatoms. The molecule has 0 radical (unpaired) electrons. The molecule has 1 amide bonds. The van der Waals surface area contributed by atoms with E-state index >= 15 is 0 Å². The zero-order chi connectivity index (χ0) is 19.1. The number of likely N-dealkylation sites (tertiary alicyclic amines) is 1. The molecule has 26 heavy (non-hydrogen) atoms. The van der Waals surface area contributed by atoms with Crippen LogP contribution in [0.5, 0.6) is 0 Å². The lowest BCUT2D eigenvalue weighted by atomic mass is 9.94. The van der Waals surface area contributed by atoms with E-state index in [9.17, 15) is 18.0 Å². The topological polar surface area (TPSA) is 41.6 Å². The Hall–Kier alpha value is -0.950. The van der Waals surface area contributed by atoms with Gasteiger partial charge in [-0.25, -0.2) is 4.79 Å². The van der Waals surface area contributed by atoms with Crippen LogP contribution in [0.1, 0.15) is 52.9 Å². The summed E-state index contributed by atoms with van der Waals surface area (Å²) in [4.78, 5) is 13.3. The smallest absolute Gasteiger partial charge is 0.410 e. The molecule has 2 fully saturated rings. The van der Waals surface area contributed by atoms with Crippen molar-refractivity contribution in [3.05, 3.63) is 12.2 Å². The molecule has 154 valence electrons. The second-order valence-corrected chi connectivity index (χ2v) is 7.73. The number of amides is 1. The number of piperidine rings is 2. The van der Waals surface area contributed by atoms with E-state index in [-0.39, 0.29) is 24.4 Å². The van der Waals surface area contributed by atoms with Crippen molar-refractivity contribution in [2.24, 2.45) is 5.92 Å². The van der Waals surface area contributed by atoms with Crippen LogP contribution in [0, 0.1) is 5.92 Å². The van der Waals surface area contributed by atoms with Gasteiger partial charge in [0.15, 0.2) is 0 Å². The molecule has 2 aliphatic heterocycles. The average molecular weight is 401 g/mol. The van der Waals surface area contributed by atoms with Crippen LogP contribution in [-0.2, 0) is 4.74 Å². The summed E-state index contributed by atoms with van der Waals surface area (Å²) in [5.74, 6) is -0.142. The lowest BCUT2D eigenvalue weighted by Gasteiger charge is -2.30. The number of nitrogens with one attached hydrogen (secondary N) is 1. The van der Waals surface area contributed by atoms with E-state index in [0.29, 0.717) is 12.8 Å². The van der Waals surface area contributed by atoms with Gasteiger partial charge in [-0.1, -0.05) is 12.2 Å². The largest absolute Gasteiger partial charge is 0.444 e. The molecule has 0 spiro atoms. The number of halogens is 4. The van der Waals surface area contributed by atoms with E-state index in [1.807, 2.05) is 20.8 Å². The fourth-order valence-corrected chi connectivity index (χ4v) is 2.75. The first-order valence-electron chi connectivity index (χ1n) is 8.88. The summed E-state index contributed by atoms with van der Waals surface area (Å²) in [7, 11) is 0. The van der Waals surface area contributed by atoms with E-state index in [4.69, 9.17) is 4.74 Å². The monoisotopic (exact) mass is 400 g/mol. The van der Waals surface area contributed by atoms with Crippen molar-refractivity contribution in [1.82, 2.24) is 10.2 Å². The summed E-state index contributed by atoms with van der Waals surface area (Å²) >= 11 is 0. The summed E-state index contributed by atoms with van der Waals surface area (Å²) in [5.41, 5.74) is 0.829. The van der Waals surface area contributed by atoms with E-state index in [1.54, 1.807) is 4.90 Å². The fraction of sp³-hybridized carbons (Fsp3) is 0.833. The first kappa shape index (κ1) is 25.1. The van der Waals surface area contributed by atoms with E-state index < -0.39 is 18.2 Å². The molecule has 1 N–H and O–H groups in total. The minimum absolute atomic E-state index is 0. The number of carbonyl (C=O) groups excluding carboxylic acids is 1. The van der Waals surface area contributed by atoms with Crippen molar-refractivity contribution in [1.29, 1.82) is 0 Å². The van der Waals surface area contributed by atoms with Crippen LogP contribution in [-0.4, -0.2) is 48.9 Å². The lowest BCUT2D eigenvalue weighted by molar-refractivity contribution is -0.146. The van der Waals surface area contributed by atoms with Crippen LogP contribution >= 0.6 is 12.4 Å². The number of carbonyl (C=O) groups is 1. The Labute approximate surface area is 160 Å². The standard InChI is InChI=1S/C11H19NO2.C7H12F3N.ClH/c1-9-5-7-12(8-6-9)10(13)14-11(2,3)4;8-7(9,10)5-6-1-3-11-4-2-6;/h1,5-8H2,2-4H3;6,11H,1-5H2;1H. The molecule has 0 aromatic carbocycles. The van der Waals surface area contributed by atoms with Crippen LogP contribution in [0.2, 0.25) is 0 Å². The number of ether oxygens (including phenoxy) is 1. The predicted octanol–water partition coefficient (Wildman–Crippen LogP) is 4.93. The fourth-order valence-electron chi connectivity index (χ4n) is 2.75. The van der Waals surface area contributed by atoms with Crippen LogP contribution in [0.25, 0.3) is 0 Å². The van der Waals surface area contributed by atoms with Crippen LogP contribution in [0.4, 0.5) is 18.0 Å². The molecule has 0 bridgehead atoms. The summed E-state index contributed by atoms with van der Waals surface area (Å²) in [5, 5.41) is 3.03. The van der Waals surface area contributed by atoms with Gasteiger partial charge in [0, 0.05) is 19.5 Å². The highest BCUT2D eigenvalue weighted by atomic mass is 35.5. The van der Waals surface area contributed by atoms with Gasteiger partial charge in [0.1, 0.15) is 5.60 Å². The molecule has 0 saturated carbocycles. The average Bonchev–Trinajstić information content (AvgIpc) is 2.46. The zero-order valence-electron chi connectivity index (χ0n) is 16.0. The summed E-state index contributed by atoms with van der Waals surface area (Å²) in [6, 6.07) is 0. The quantitative estimate of drug-likeness (QED) is 0.634. The molecular weight excluding hydrogens is 369 g/mol. The number of rotatable bonds is 1. The Kier molecular flexibility index (Phi) is 10.6. The van der Waals surface area contributed by atoms with E-state index in [1.165, 1.54) is 5.57 Å². The highest BCUT2D eigenvalue weighted by Crippen LogP contribution is 2.29. The van der Waals surface area contributed by atoms with Crippen LogP contribution in [0.3, 0.4) is 0 Å². The van der Waals surface area contributed by atoms with Gasteiger partial charge in [-0.15, -0.1) is 12.4 Å². The second-order valence-electron chi connectivity index (χ2n) is 7.73. The molecule has 2 aliphatic rings.